The first-order chi connectivity index (χ1) is 10.5. The zero-order chi connectivity index (χ0) is 16.2. The number of amides is 1. The molecule has 1 aromatic rings. The third-order valence-corrected chi connectivity index (χ3v) is 3.85. The van der Waals surface area contributed by atoms with E-state index in [1.807, 2.05) is 0 Å². The number of carbonyl (C=O) groups excluding carboxylic acids is 1. The van der Waals surface area contributed by atoms with Crippen molar-refractivity contribution in [1.82, 2.24) is 5.32 Å². The summed E-state index contributed by atoms with van der Waals surface area (Å²) in [5.74, 6) is -0.692. The molecule has 120 valence electrons. The van der Waals surface area contributed by atoms with Gasteiger partial charge in [-0.1, -0.05) is 0 Å². The average molecular weight is 308 g/mol. The molecule has 2 rings (SSSR count). The molecular weight excluding hydrogens is 288 g/mol. The van der Waals surface area contributed by atoms with Gasteiger partial charge in [-0.25, -0.2) is 0 Å². The molecule has 0 spiro atoms. The maximum atomic E-state index is 11.2. The fraction of sp³-hybridized carbons (Fsp3) is 0.500. The van der Waals surface area contributed by atoms with Gasteiger partial charge >= 0.3 is 0 Å². The summed E-state index contributed by atoms with van der Waals surface area (Å²) in [5, 5.41) is 17.7. The van der Waals surface area contributed by atoms with E-state index in [9.17, 15) is 14.9 Å². The maximum absolute atomic E-state index is 11.2. The average Bonchev–Trinajstić information content (AvgIpc) is 2.94. The highest BCUT2D eigenvalue weighted by atomic mass is 16.6. The highest BCUT2D eigenvalue weighted by Crippen LogP contribution is 2.27. The lowest BCUT2D eigenvalue weighted by Gasteiger charge is -2.29. The van der Waals surface area contributed by atoms with E-state index in [1.165, 1.54) is 18.2 Å². The van der Waals surface area contributed by atoms with Crippen molar-refractivity contribution >= 4 is 17.3 Å². The number of benzene rings is 1. The fourth-order valence-corrected chi connectivity index (χ4v) is 2.72. The number of nitro benzene ring substituents is 1. The van der Waals surface area contributed by atoms with Gasteiger partial charge in [-0.3, -0.25) is 14.9 Å². The smallest absolute Gasteiger partial charge is 0.293 e. The summed E-state index contributed by atoms with van der Waals surface area (Å²) < 4.78 is 5.25. The maximum Gasteiger partial charge on any atom is 0.293 e. The van der Waals surface area contributed by atoms with E-state index >= 15 is 0 Å². The monoisotopic (exact) mass is 308 g/mol. The molecule has 1 saturated heterocycles. The topological polar surface area (TPSA) is 120 Å². The van der Waals surface area contributed by atoms with E-state index in [-0.39, 0.29) is 16.8 Å². The molecule has 0 radical (unpaired) electrons. The number of anilines is 1. The van der Waals surface area contributed by atoms with Crippen LogP contribution in [-0.2, 0) is 4.74 Å². The predicted octanol–water partition coefficient (Wildman–Crippen LogP) is 0.874. The molecule has 0 bridgehead atoms. The van der Waals surface area contributed by atoms with Crippen LogP contribution in [0.4, 0.5) is 11.4 Å². The van der Waals surface area contributed by atoms with Crippen molar-refractivity contribution in [3.8, 4) is 0 Å². The first-order valence-electron chi connectivity index (χ1n) is 7.03. The van der Waals surface area contributed by atoms with Crippen molar-refractivity contribution < 1.29 is 14.5 Å². The van der Waals surface area contributed by atoms with Crippen LogP contribution in [0.5, 0.6) is 0 Å². The molecule has 0 aliphatic carbocycles. The Kier molecular flexibility index (Phi) is 4.94. The molecule has 0 aromatic heterocycles. The van der Waals surface area contributed by atoms with Crippen LogP contribution in [-0.4, -0.2) is 43.2 Å². The van der Waals surface area contributed by atoms with Gasteiger partial charge in [-0.15, -0.1) is 0 Å². The number of hydrogen-bond donors (Lipinski definition) is 3. The normalized spacial score (nSPS) is 20.8. The third-order valence-electron chi connectivity index (χ3n) is 3.85. The summed E-state index contributed by atoms with van der Waals surface area (Å²) in [6, 6.07) is 4.17. The van der Waals surface area contributed by atoms with Crippen LogP contribution < -0.4 is 16.4 Å². The van der Waals surface area contributed by atoms with Gasteiger partial charge in [0.15, 0.2) is 0 Å². The second-order valence-corrected chi connectivity index (χ2v) is 5.45. The largest absolute Gasteiger partial charge is 0.383 e. The summed E-state index contributed by atoms with van der Waals surface area (Å²) in [5.41, 5.74) is 5.24. The SMILES string of the molecule is COCC1(CNc2ccc(C(N)=O)cc2[N+](=O)[O-])CCCN1. The zero-order valence-corrected chi connectivity index (χ0v) is 12.4. The minimum absolute atomic E-state index is 0.114. The molecule has 4 N–H and O–H groups in total. The van der Waals surface area contributed by atoms with Gasteiger partial charge < -0.3 is 21.1 Å². The van der Waals surface area contributed by atoms with Gasteiger partial charge in [-0.05, 0) is 31.5 Å². The summed E-state index contributed by atoms with van der Waals surface area (Å²) >= 11 is 0. The Morgan fingerprint density at radius 3 is 2.91 bits per heavy atom. The molecular formula is C14H20N4O4. The van der Waals surface area contributed by atoms with Gasteiger partial charge in [0.2, 0.25) is 5.91 Å². The van der Waals surface area contributed by atoms with E-state index in [0.29, 0.717) is 18.8 Å². The molecule has 1 fully saturated rings. The molecule has 22 heavy (non-hydrogen) atoms. The molecule has 1 unspecified atom stereocenters. The van der Waals surface area contributed by atoms with Crippen molar-refractivity contribution in [3.63, 3.8) is 0 Å². The van der Waals surface area contributed by atoms with Crippen molar-refractivity contribution in [1.29, 1.82) is 0 Å². The van der Waals surface area contributed by atoms with E-state index in [0.717, 1.165) is 19.4 Å². The molecule has 1 aliphatic rings. The van der Waals surface area contributed by atoms with Gasteiger partial charge in [-0.2, -0.15) is 0 Å². The molecule has 1 heterocycles. The number of carbonyl (C=O) groups is 1. The number of nitrogens with one attached hydrogen (secondary N) is 2. The van der Waals surface area contributed by atoms with Crippen LogP contribution in [0.25, 0.3) is 0 Å². The number of rotatable bonds is 7. The Morgan fingerprint density at radius 2 is 2.36 bits per heavy atom. The van der Waals surface area contributed by atoms with Crippen LogP contribution in [0.15, 0.2) is 18.2 Å². The Hall–Kier alpha value is -2.19. The molecule has 8 nitrogen and oxygen atoms in total. The van der Waals surface area contributed by atoms with E-state index in [4.69, 9.17) is 10.5 Å². The van der Waals surface area contributed by atoms with Crippen molar-refractivity contribution in [2.45, 2.75) is 18.4 Å². The molecule has 1 aliphatic heterocycles. The highest BCUT2D eigenvalue weighted by Gasteiger charge is 2.33. The van der Waals surface area contributed by atoms with Crippen LogP contribution in [0, 0.1) is 10.1 Å². The Labute approximate surface area is 128 Å². The minimum atomic E-state index is -0.692. The van der Waals surface area contributed by atoms with E-state index in [1.54, 1.807) is 7.11 Å². The highest BCUT2D eigenvalue weighted by molar-refractivity contribution is 5.94. The van der Waals surface area contributed by atoms with Crippen molar-refractivity contribution in [3.05, 3.63) is 33.9 Å². The molecule has 8 heteroatoms. The Bertz CT molecular complexity index is 570. The predicted molar refractivity (Wildman–Crippen MR) is 81.9 cm³/mol. The van der Waals surface area contributed by atoms with Gasteiger partial charge in [0.05, 0.1) is 17.1 Å². The summed E-state index contributed by atoms with van der Waals surface area (Å²) in [4.78, 5) is 21.8. The van der Waals surface area contributed by atoms with E-state index in [2.05, 4.69) is 10.6 Å². The summed E-state index contributed by atoms with van der Waals surface area (Å²) in [6.07, 6.45) is 1.97. The zero-order valence-electron chi connectivity index (χ0n) is 12.4. The van der Waals surface area contributed by atoms with Crippen LogP contribution in [0.1, 0.15) is 23.2 Å². The van der Waals surface area contributed by atoms with Crippen molar-refractivity contribution in [2.75, 3.05) is 32.1 Å². The standard InChI is InChI=1S/C14H20N4O4/c1-22-9-14(5-2-6-17-14)8-16-11-4-3-10(13(15)19)7-12(11)18(20)21/h3-4,7,16-17H,2,5-6,8-9H2,1H3,(H2,15,19). The fourth-order valence-electron chi connectivity index (χ4n) is 2.72. The molecule has 1 aromatic carbocycles. The third kappa shape index (κ3) is 3.52. The van der Waals surface area contributed by atoms with Crippen LogP contribution >= 0.6 is 0 Å². The van der Waals surface area contributed by atoms with Gasteiger partial charge in [0.25, 0.3) is 5.69 Å². The quantitative estimate of drug-likeness (QED) is 0.508. The Morgan fingerprint density at radius 1 is 1.59 bits per heavy atom. The minimum Gasteiger partial charge on any atom is -0.383 e. The summed E-state index contributed by atoms with van der Waals surface area (Å²) in [7, 11) is 1.63. The first kappa shape index (κ1) is 16.2. The number of methoxy groups -OCH3 is 1. The van der Waals surface area contributed by atoms with E-state index < -0.39 is 10.8 Å². The molecule has 1 amide bonds. The lowest BCUT2D eigenvalue weighted by Crippen LogP contribution is -2.49. The number of nitrogens with zero attached hydrogens (tertiary/aromatic N) is 1. The molecule has 1 atom stereocenters. The lowest BCUT2D eigenvalue weighted by atomic mass is 9.98. The second kappa shape index (κ2) is 6.71. The van der Waals surface area contributed by atoms with Crippen LogP contribution in [0.2, 0.25) is 0 Å². The number of nitrogens with two attached hydrogens (primary N) is 1. The lowest BCUT2D eigenvalue weighted by molar-refractivity contribution is -0.384. The number of ether oxygens (including phenoxy) is 1. The number of nitro groups is 1. The number of hydrogen-bond acceptors (Lipinski definition) is 6. The number of primary amides is 1. The molecule has 0 saturated carbocycles. The van der Waals surface area contributed by atoms with Gasteiger partial charge in [0.1, 0.15) is 5.69 Å². The first-order valence-corrected chi connectivity index (χ1v) is 7.03. The summed E-state index contributed by atoms with van der Waals surface area (Å²) in [6.45, 7) is 1.92. The van der Waals surface area contributed by atoms with Gasteiger partial charge in [0, 0.05) is 25.3 Å². The second-order valence-electron chi connectivity index (χ2n) is 5.45. The van der Waals surface area contributed by atoms with Crippen molar-refractivity contribution in [2.24, 2.45) is 5.73 Å². The van der Waals surface area contributed by atoms with Crippen LogP contribution in [0.3, 0.4) is 0 Å². The Balaban J connectivity index is 2.18.